The highest BCUT2D eigenvalue weighted by Gasteiger charge is 2.70. The van der Waals surface area contributed by atoms with E-state index in [9.17, 15) is 4.79 Å². The van der Waals surface area contributed by atoms with Gasteiger partial charge in [0.2, 0.25) is 5.91 Å². The number of halogens is 2. The SMILES string of the molecule is O=C1[C@@H](Cl)[C@]2(c3ccc(Cl)cc3)OC[C@H]3[C@H]([C@@H]4C=C[C@H]3C4)N12. The van der Waals surface area contributed by atoms with Crippen molar-refractivity contribution in [1.82, 2.24) is 4.90 Å². The molecule has 0 unspecified atom stereocenters. The number of nitrogens with zero attached hydrogens (tertiary/aromatic N) is 1. The van der Waals surface area contributed by atoms with Crippen LogP contribution in [0.3, 0.4) is 0 Å². The van der Waals surface area contributed by atoms with E-state index in [0.717, 1.165) is 12.0 Å². The van der Waals surface area contributed by atoms with E-state index < -0.39 is 11.1 Å². The number of ether oxygens (including phenoxy) is 1. The van der Waals surface area contributed by atoms with Gasteiger partial charge in [-0.2, -0.15) is 0 Å². The van der Waals surface area contributed by atoms with Gasteiger partial charge in [-0.05, 0) is 30.4 Å². The Morgan fingerprint density at radius 2 is 1.91 bits per heavy atom. The minimum Gasteiger partial charge on any atom is -0.349 e. The lowest BCUT2D eigenvalue weighted by Crippen LogP contribution is -2.78. The van der Waals surface area contributed by atoms with E-state index in [4.69, 9.17) is 27.9 Å². The summed E-state index contributed by atoms with van der Waals surface area (Å²) in [6.45, 7) is 0.659. The Kier molecular flexibility index (Phi) is 2.61. The topological polar surface area (TPSA) is 29.5 Å². The predicted octanol–water partition coefficient (Wildman–Crippen LogP) is 3.16. The minimum atomic E-state index is -0.817. The van der Waals surface area contributed by atoms with Gasteiger partial charge in [0.25, 0.3) is 0 Å². The first-order valence-electron chi connectivity index (χ1n) is 7.68. The molecule has 5 heteroatoms. The second-order valence-corrected chi connectivity index (χ2v) is 7.56. The highest BCUT2D eigenvalue weighted by Crippen LogP contribution is 2.58. The zero-order valence-electron chi connectivity index (χ0n) is 11.8. The van der Waals surface area contributed by atoms with Crippen LogP contribution in [0.2, 0.25) is 5.02 Å². The molecule has 2 saturated heterocycles. The van der Waals surface area contributed by atoms with Crippen LogP contribution in [0.25, 0.3) is 0 Å². The number of benzene rings is 1. The van der Waals surface area contributed by atoms with Crippen LogP contribution in [-0.2, 0) is 15.3 Å². The third-order valence-electron chi connectivity index (χ3n) is 5.78. The maximum Gasteiger partial charge on any atom is 0.248 e. The van der Waals surface area contributed by atoms with Crippen LogP contribution in [0.5, 0.6) is 0 Å². The Bertz CT molecular complexity index is 688. The molecule has 0 aromatic heterocycles. The first kappa shape index (κ1) is 13.4. The van der Waals surface area contributed by atoms with Gasteiger partial charge in [0.05, 0.1) is 6.61 Å². The molecule has 1 aromatic rings. The molecule has 2 bridgehead atoms. The standard InChI is InChI=1S/C17H15Cl2NO2/c18-12-5-3-11(4-6-12)17-15(19)16(21)20(17)14-10-2-1-9(7-10)13(14)8-22-17/h1-6,9-10,13-15H,7-8H2/t9-,10+,13+,14-,15+,17-/m0/s1. The van der Waals surface area contributed by atoms with Crippen molar-refractivity contribution in [2.45, 2.75) is 23.6 Å². The molecule has 2 aliphatic carbocycles. The zero-order chi connectivity index (χ0) is 15.1. The van der Waals surface area contributed by atoms with Gasteiger partial charge in [0.1, 0.15) is 0 Å². The van der Waals surface area contributed by atoms with E-state index in [-0.39, 0.29) is 11.9 Å². The summed E-state index contributed by atoms with van der Waals surface area (Å²) in [6, 6.07) is 7.71. The molecule has 0 spiro atoms. The molecule has 2 heterocycles. The van der Waals surface area contributed by atoms with E-state index in [1.54, 1.807) is 0 Å². The van der Waals surface area contributed by atoms with Crippen LogP contribution in [0.4, 0.5) is 0 Å². The normalized spacial score (nSPS) is 44.7. The fraction of sp³-hybridized carbons (Fsp3) is 0.471. The van der Waals surface area contributed by atoms with Crippen LogP contribution in [-0.4, -0.2) is 28.8 Å². The maximum atomic E-state index is 12.5. The molecular formula is C17H15Cl2NO2. The average Bonchev–Trinajstić information content (AvgIpc) is 3.15. The quantitative estimate of drug-likeness (QED) is 0.448. The monoisotopic (exact) mass is 335 g/mol. The molecule has 3 fully saturated rings. The second kappa shape index (κ2) is 4.28. The van der Waals surface area contributed by atoms with Crippen LogP contribution in [0.15, 0.2) is 36.4 Å². The van der Waals surface area contributed by atoms with Crippen molar-refractivity contribution >= 4 is 29.1 Å². The largest absolute Gasteiger partial charge is 0.349 e. The molecular weight excluding hydrogens is 321 g/mol. The van der Waals surface area contributed by atoms with Crippen molar-refractivity contribution < 1.29 is 9.53 Å². The second-order valence-electron chi connectivity index (χ2n) is 6.69. The molecule has 1 aromatic carbocycles. The number of fused-ring (bicyclic) bond motifs is 7. The van der Waals surface area contributed by atoms with Crippen molar-refractivity contribution in [3.8, 4) is 0 Å². The number of hydrogen-bond donors (Lipinski definition) is 0. The third kappa shape index (κ3) is 1.41. The summed E-state index contributed by atoms with van der Waals surface area (Å²) in [5, 5.41) is 0.0118. The minimum absolute atomic E-state index is 0.00716. The summed E-state index contributed by atoms with van der Waals surface area (Å²) in [6.07, 6.45) is 5.68. The third-order valence-corrected chi connectivity index (χ3v) is 6.52. The summed E-state index contributed by atoms with van der Waals surface area (Å²) < 4.78 is 6.24. The van der Waals surface area contributed by atoms with Gasteiger partial charge in [0.15, 0.2) is 11.1 Å². The number of β-lactam (4-membered cyclic amide) rings is 1. The van der Waals surface area contributed by atoms with Gasteiger partial charge < -0.3 is 9.64 Å². The van der Waals surface area contributed by atoms with Gasteiger partial charge in [-0.15, -0.1) is 11.6 Å². The first-order valence-corrected chi connectivity index (χ1v) is 8.50. The number of alkyl halides is 1. The van der Waals surface area contributed by atoms with Crippen LogP contribution < -0.4 is 0 Å². The lowest BCUT2D eigenvalue weighted by molar-refractivity contribution is -0.269. The van der Waals surface area contributed by atoms with Gasteiger partial charge in [-0.1, -0.05) is 35.9 Å². The summed E-state index contributed by atoms with van der Waals surface area (Å²) in [4.78, 5) is 14.4. The number of rotatable bonds is 1. The molecule has 2 aliphatic heterocycles. The van der Waals surface area contributed by atoms with E-state index in [2.05, 4.69) is 12.2 Å². The molecule has 22 heavy (non-hydrogen) atoms. The highest BCUT2D eigenvalue weighted by molar-refractivity contribution is 6.34. The Balaban J connectivity index is 1.61. The van der Waals surface area contributed by atoms with E-state index in [1.165, 1.54) is 0 Å². The van der Waals surface area contributed by atoms with Gasteiger partial charge in [-0.25, -0.2) is 0 Å². The predicted molar refractivity (Wildman–Crippen MR) is 83.6 cm³/mol. The molecule has 0 radical (unpaired) electrons. The van der Waals surface area contributed by atoms with Crippen LogP contribution in [0, 0.1) is 17.8 Å². The fourth-order valence-corrected chi connectivity index (χ4v) is 5.33. The van der Waals surface area contributed by atoms with Crippen LogP contribution >= 0.6 is 23.2 Å². The van der Waals surface area contributed by atoms with Crippen molar-refractivity contribution in [3.63, 3.8) is 0 Å². The number of amides is 1. The highest BCUT2D eigenvalue weighted by atomic mass is 35.5. The lowest BCUT2D eigenvalue weighted by Gasteiger charge is -2.62. The van der Waals surface area contributed by atoms with Crippen molar-refractivity contribution in [3.05, 3.63) is 47.0 Å². The maximum absolute atomic E-state index is 12.5. The van der Waals surface area contributed by atoms with Crippen molar-refractivity contribution in [2.24, 2.45) is 17.8 Å². The molecule has 4 aliphatic rings. The number of hydrogen-bond acceptors (Lipinski definition) is 2. The summed E-state index contributed by atoms with van der Waals surface area (Å²) in [5.74, 6) is 1.38. The summed E-state index contributed by atoms with van der Waals surface area (Å²) in [5.41, 5.74) is 0.101. The molecule has 1 saturated carbocycles. The summed E-state index contributed by atoms with van der Waals surface area (Å²) in [7, 11) is 0. The van der Waals surface area contributed by atoms with E-state index >= 15 is 0 Å². The van der Waals surface area contributed by atoms with Crippen molar-refractivity contribution in [1.29, 1.82) is 0 Å². The first-order chi connectivity index (χ1) is 10.6. The molecule has 1 amide bonds. The average molecular weight is 336 g/mol. The molecule has 0 N–H and O–H groups in total. The smallest absolute Gasteiger partial charge is 0.248 e. The van der Waals surface area contributed by atoms with E-state index in [0.29, 0.717) is 29.4 Å². The Hall–Kier alpha value is -1.03. The van der Waals surface area contributed by atoms with Gasteiger partial charge in [-0.3, -0.25) is 4.79 Å². The number of carbonyl (C=O) groups is 1. The Morgan fingerprint density at radius 1 is 1.18 bits per heavy atom. The summed E-state index contributed by atoms with van der Waals surface area (Å²) >= 11 is 12.4. The number of allylic oxidation sites excluding steroid dienone is 1. The van der Waals surface area contributed by atoms with Gasteiger partial charge >= 0.3 is 0 Å². The van der Waals surface area contributed by atoms with Gasteiger partial charge in [0, 0.05) is 22.5 Å². The van der Waals surface area contributed by atoms with Crippen LogP contribution in [0.1, 0.15) is 12.0 Å². The zero-order valence-corrected chi connectivity index (χ0v) is 13.3. The lowest BCUT2D eigenvalue weighted by atomic mass is 9.77. The Morgan fingerprint density at radius 3 is 2.68 bits per heavy atom. The van der Waals surface area contributed by atoms with Crippen molar-refractivity contribution in [2.75, 3.05) is 6.61 Å². The molecule has 3 nitrogen and oxygen atoms in total. The molecule has 6 atom stereocenters. The Labute approximate surface area is 138 Å². The number of carbonyl (C=O) groups excluding carboxylic acids is 1. The molecule has 114 valence electrons. The molecule has 5 rings (SSSR count). The fourth-order valence-electron chi connectivity index (χ4n) is 4.80. The van der Waals surface area contributed by atoms with E-state index in [1.807, 2.05) is 29.2 Å².